The smallest absolute Gasteiger partial charge is 0.0540 e. The minimum Gasteiger partial charge on any atom is -0.393 e. The molecule has 14 heavy (non-hydrogen) atoms. The second-order valence-corrected chi connectivity index (χ2v) is 4.14. The minimum atomic E-state index is -0.115. The lowest BCUT2D eigenvalue weighted by Crippen LogP contribution is -2.06. The van der Waals surface area contributed by atoms with E-state index in [9.17, 15) is 10.2 Å². The van der Waals surface area contributed by atoms with Crippen LogP contribution in [0.1, 0.15) is 65.2 Å². The van der Waals surface area contributed by atoms with Gasteiger partial charge in [-0.25, -0.2) is 0 Å². The van der Waals surface area contributed by atoms with Gasteiger partial charge < -0.3 is 10.2 Å². The quantitative estimate of drug-likeness (QED) is 0.564. The molecule has 0 aromatic carbocycles. The molecule has 0 aromatic rings. The average Bonchev–Trinajstić information content (AvgIpc) is 2.17. The second-order valence-electron chi connectivity index (χ2n) is 4.14. The van der Waals surface area contributed by atoms with E-state index >= 15 is 0 Å². The van der Waals surface area contributed by atoms with Crippen molar-refractivity contribution in [3.05, 3.63) is 0 Å². The fourth-order valence-corrected chi connectivity index (χ4v) is 1.62. The first-order valence-corrected chi connectivity index (χ1v) is 6.06. The third-order valence-electron chi connectivity index (χ3n) is 2.67. The fraction of sp³-hybridized carbons (Fsp3) is 1.00. The van der Waals surface area contributed by atoms with Crippen LogP contribution < -0.4 is 0 Å². The topological polar surface area (TPSA) is 40.5 Å². The molecule has 0 rings (SSSR count). The zero-order chi connectivity index (χ0) is 10.8. The van der Waals surface area contributed by atoms with Gasteiger partial charge in [0.05, 0.1) is 12.2 Å². The predicted molar refractivity (Wildman–Crippen MR) is 60.3 cm³/mol. The van der Waals surface area contributed by atoms with Crippen LogP contribution in [0, 0.1) is 0 Å². The van der Waals surface area contributed by atoms with Crippen LogP contribution in [-0.4, -0.2) is 22.4 Å². The first kappa shape index (κ1) is 13.9. The molecule has 2 N–H and O–H groups in total. The molecular formula is C12H26O2. The largest absolute Gasteiger partial charge is 0.393 e. The summed E-state index contributed by atoms with van der Waals surface area (Å²) in [6.07, 6.45) is 7.80. The second kappa shape index (κ2) is 9.47. The number of hydrogen-bond acceptors (Lipinski definition) is 2. The molecule has 0 aliphatic carbocycles. The molecule has 86 valence electrons. The molecule has 0 heterocycles. The van der Waals surface area contributed by atoms with Crippen molar-refractivity contribution >= 4 is 0 Å². The van der Waals surface area contributed by atoms with Crippen LogP contribution >= 0.6 is 0 Å². The maximum absolute atomic E-state index is 9.45. The Morgan fingerprint density at radius 3 is 1.86 bits per heavy atom. The summed E-state index contributed by atoms with van der Waals surface area (Å²) >= 11 is 0. The molecule has 0 bridgehead atoms. The molecular weight excluding hydrogens is 176 g/mol. The molecule has 0 aliphatic heterocycles. The summed E-state index contributed by atoms with van der Waals surface area (Å²) in [6, 6.07) is 0. The normalized spacial score (nSPS) is 15.4. The van der Waals surface area contributed by atoms with Gasteiger partial charge in [-0.15, -0.1) is 0 Å². The van der Waals surface area contributed by atoms with Crippen molar-refractivity contribution in [2.24, 2.45) is 0 Å². The lowest BCUT2D eigenvalue weighted by molar-refractivity contribution is 0.144. The Morgan fingerprint density at radius 1 is 0.786 bits per heavy atom. The van der Waals surface area contributed by atoms with Crippen LogP contribution in [0.25, 0.3) is 0 Å². The van der Waals surface area contributed by atoms with Crippen LogP contribution in [0.5, 0.6) is 0 Å². The summed E-state index contributed by atoms with van der Waals surface area (Å²) < 4.78 is 0. The molecule has 2 nitrogen and oxygen atoms in total. The average molecular weight is 202 g/mol. The molecule has 0 saturated heterocycles. The van der Waals surface area contributed by atoms with Gasteiger partial charge >= 0.3 is 0 Å². The highest BCUT2D eigenvalue weighted by molar-refractivity contribution is 4.57. The molecule has 0 radical (unpaired) electrons. The molecule has 0 aliphatic rings. The maximum atomic E-state index is 9.45. The van der Waals surface area contributed by atoms with Crippen LogP contribution in [0.3, 0.4) is 0 Å². The van der Waals surface area contributed by atoms with Crippen molar-refractivity contribution < 1.29 is 10.2 Å². The van der Waals surface area contributed by atoms with Gasteiger partial charge in [-0.2, -0.15) is 0 Å². The van der Waals surface area contributed by atoms with E-state index in [1.807, 2.05) is 6.92 Å². The van der Waals surface area contributed by atoms with Gasteiger partial charge in [0.15, 0.2) is 0 Å². The van der Waals surface area contributed by atoms with Crippen molar-refractivity contribution in [2.45, 2.75) is 77.4 Å². The maximum Gasteiger partial charge on any atom is 0.0540 e. The SMILES string of the molecule is CCCC(O)CCCCCC(O)CC. The highest BCUT2D eigenvalue weighted by atomic mass is 16.3. The van der Waals surface area contributed by atoms with Crippen LogP contribution in [0.2, 0.25) is 0 Å². The molecule has 0 amide bonds. The molecule has 2 unspecified atom stereocenters. The van der Waals surface area contributed by atoms with Gasteiger partial charge in [-0.05, 0) is 25.7 Å². The first-order valence-electron chi connectivity index (χ1n) is 6.06. The van der Waals surface area contributed by atoms with E-state index < -0.39 is 0 Å². The summed E-state index contributed by atoms with van der Waals surface area (Å²) in [6.45, 7) is 4.11. The van der Waals surface area contributed by atoms with Gasteiger partial charge in [0.1, 0.15) is 0 Å². The molecule has 0 saturated carbocycles. The zero-order valence-electron chi connectivity index (χ0n) is 9.71. The Morgan fingerprint density at radius 2 is 1.36 bits per heavy atom. The van der Waals surface area contributed by atoms with E-state index in [0.717, 1.165) is 51.4 Å². The highest BCUT2D eigenvalue weighted by Gasteiger charge is 2.03. The van der Waals surface area contributed by atoms with Gasteiger partial charge in [-0.3, -0.25) is 0 Å². The van der Waals surface area contributed by atoms with Gasteiger partial charge in [-0.1, -0.05) is 39.5 Å². The van der Waals surface area contributed by atoms with E-state index in [4.69, 9.17) is 0 Å². The standard InChI is InChI=1S/C12H26O2/c1-3-8-12(14)10-7-5-6-9-11(13)4-2/h11-14H,3-10H2,1-2H3. The Kier molecular flexibility index (Phi) is 9.42. The predicted octanol–water partition coefficient (Wildman–Crippen LogP) is 2.87. The Hall–Kier alpha value is -0.0800. The van der Waals surface area contributed by atoms with Gasteiger partial charge in [0, 0.05) is 0 Å². The monoisotopic (exact) mass is 202 g/mol. The lowest BCUT2D eigenvalue weighted by atomic mass is 10.0. The van der Waals surface area contributed by atoms with E-state index in [1.165, 1.54) is 0 Å². The third kappa shape index (κ3) is 8.52. The number of aliphatic hydroxyl groups is 2. The van der Waals surface area contributed by atoms with Crippen molar-refractivity contribution in [1.82, 2.24) is 0 Å². The van der Waals surface area contributed by atoms with E-state index in [1.54, 1.807) is 0 Å². The van der Waals surface area contributed by atoms with Crippen LogP contribution in [-0.2, 0) is 0 Å². The number of aliphatic hydroxyl groups excluding tert-OH is 2. The summed E-state index contributed by atoms with van der Waals surface area (Å²) in [5, 5.41) is 18.8. The Labute approximate surface area is 88.3 Å². The number of rotatable bonds is 9. The van der Waals surface area contributed by atoms with Crippen molar-refractivity contribution in [3.63, 3.8) is 0 Å². The summed E-state index contributed by atoms with van der Waals surface area (Å²) in [4.78, 5) is 0. The highest BCUT2D eigenvalue weighted by Crippen LogP contribution is 2.11. The van der Waals surface area contributed by atoms with Gasteiger partial charge in [0.25, 0.3) is 0 Å². The summed E-state index contributed by atoms with van der Waals surface area (Å²) in [5.74, 6) is 0. The summed E-state index contributed by atoms with van der Waals surface area (Å²) in [7, 11) is 0. The van der Waals surface area contributed by atoms with E-state index in [-0.39, 0.29) is 12.2 Å². The van der Waals surface area contributed by atoms with Crippen molar-refractivity contribution in [3.8, 4) is 0 Å². The lowest BCUT2D eigenvalue weighted by Gasteiger charge is -2.09. The zero-order valence-corrected chi connectivity index (χ0v) is 9.71. The Bertz CT molecular complexity index is 115. The molecule has 0 aromatic heterocycles. The summed E-state index contributed by atoms with van der Waals surface area (Å²) in [5.41, 5.74) is 0. The van der Waals surface area contributed by atoms with E-state index in [2.05, 4.69) is 6.92 Å². The molecule has 2 atom stereocenters. The van der Waals surface area contributed by atoms with Gasteiger partial charge in [0.2, 0.25) is 0 Å². The molecule has 0 fully saturated rings. The van der Waals surface area contributed by atoms with Crippen LogP contribution in [0.4, 0.5) is 0 Å². The van der Waals surface area contributed by atoms with Crippen LogP contribution in [0.15, 0.2) is 0 Å². The first-order chi connectivity index (χ1) is 6.70. The fourth-order valence-electron chi connectivity index (χ4n) is 1.62. The van der Waals surface area contributed by atoms with E-state index in [0.29, 0.717) is 0 Å². The number of hydrogen-bond donors (Lipinski definition) is 2. The van der Waals surface area contributed by atoms with Crippen molar-refractivity contribution in [1.29, 1.82) is 0 Å². The minimum absolute atomic E-state index is 0.101. The number of unbranched alkanes of at least 4 members (excludes halogenated alkanes) is 2. The third-order valence-corrected chi connectivity index (χ3v) is 2.67. The molecule has 2 heteroatoms. The van der Waals surface area contributed by atoms with Crippen molar-refractivity contribution in [2.75, 3.05) is 0 Å². The Balaban J connectivity index is 3.13. The molecule has 0 spiro atoms.